The Labute approximate surface area is 106 Å². The monoisotopic (exact) mass is 253 g/mol. The molecular weight excluding hydrogens is 234 g/mol. The van der Waals surface area contributed by atoms with Gasteiger partial charge in [0.2, 0.25) is 0 Å². The van der Waals surface area contributed by atoms with Crippen molar-refractivity contribution in [1.29, 1.82) is 0 Å². The van der Waals surface area contributed by atoms with E-state index in [0.717, 1.165) is 6.42 Å². The highest BCUT2D eigenvalue weighted by molar-refractivity contribution is 5.44. The van der Waals surface area contributed by atoms with Gasteiger partial charge in [0, 0.05) is 6.42 Å². The van der Waals surface area contributed by atoms with Crippen LogP contribution < -0.4 is 15.2 Å². The van der Waals surface area contributed by atoms with Crippen LogP contribution in [-0.2, 0) is 0 Å². The molecule has 0 bridgehead atoms. The van der Waals surface area contributed by atoms with Crippen molar-refractivity contribution >= 4 is 0 Å². The van der Waals surface area contributed by atoms with Crippen LogP contribution in [0.3, 0.4) is 0 Å². The molecule has 0 radical (unpaired) electrons. The summed E-state index contributed by atoms with van der Waals surface area (Å²) in [4.78, 5) is 0. The molecule has 4 N–H and O–H groups in total. The van der Waals surface area contributed by atoms with Crippen molar-refractivity contribution in [1.82, 2.24) is 0 Å². The number of nitrogens with two attached hydrogens (primary N) is 1. The summed E-state index contributed by atoms with van der Waals surface area (Å²) >= 11 is 0. The zero-order valence-electron chi connectivity index (χ0n) is 10.2. The highest BCUT2D eigenvalue weighted by atomic mass is 16.5. The van der Waals surface area contributed by atoms with Crippen molar-refractivity contribution in [2.75, 3.05) is 19.8 Å². The van der Waals surface area contributed by atoms with Gasteiger partial charge in [-0.2, -0.15) is 0 Å². The zero-order valence-corrected chi connectivity index (χ0v) is 10.2. The van der Waals surface area contributed by atoms with Crippen LogP contribution in [0.1, 0.15) is 24.5 Å². The number of hydrogen-bond acceptors (Lipinski definition) is 5. The van der Waals surface area contributed by atoms with Crippen molar-refractivity contribution in [2.45, 2.75) is 25.0 Å². The average Bonchev–Trinajstić information content (AvgIpc) is 2.62. The van der Waals surface area contributed by atoms with E-state index in [-0.39, 0.29) is 0 Å². The molecule has 0 aliphatic carbocycles. The van der Waals surface area contributed by atoms with Crippen molar-refractivity contribution in [3.8, 4) is 11.5 Å². The normalized spacial score (nSPS) is 17.9. The first-order valence-electron chi connectivity index (χ1n) is 6.18. The molecule has 100 valence electrons. The molecule has 2 unspecified atom stereocenters. The van der Waals surface area contributed by atoms with Crippen LogP contribution in [0.5, 0.6) is 11.5 Å². The molecule has 0 saturated heterocycles. The van der Waals surface area contributed by atoms with Gasteiger partial charge < -0.3 is 25.4 Å². The summed E-state index contributed by atoms with van der Waals surface area (Å²) in [5, 5.41) is 19.7. The number of aliphatic hydroxyl groups is 2. The van der Waals surface area contributed by atoms with Gasteiger partial charge in [0.1, 0.15) is 6.10 Å². The summed E-state index contributed by atoms with van der Waals surface area (Å²) in [6, 6.07) is 5.21. The molecule has 2 rings (SSSR count). The minimum atomic E-state index is -0.953. The second-order valence-electron chi connectivity index (χ2n) is 4.35. The Morgan fingerprint density at radius 1 is 1.17 bits per heavy atom. The first-order valence-corrected chi connectivity index (χ1v) is 6.18. The molecule has 1 aromatic rings. The van der Waals surface area contributed by atoms with Crippen molar-refractivity contribution in [2.24, 2.45) is 5.73 Å². The van der Waals surface area contributed by atoms with Crippen LogP contribution in [0, 0.1) is 0 Å². The van der Waals surface area contributed by atoms with Crippen LogP contribution in [0.2, 0.25) is 0 Å². The van der Waals surface area contributed by atoms with E-state index in [1.54, 1.807) is 18.2 Å². The molecule has 0 spiro atoms. The quantitative estimate of drug-likeness (QED) is 0.731. The summed E-state index contributed by atoms with van der Waals surface area (Å²) in [5.74, 6) is 1.29. The lowest BCUT2D eigenvalue weighted by Gasteiger charge is -2.18. The first kappa shape index (κ1) is 13.1. The molecule has 18 heavy (non-hydrogen) atoms. The summed E-state index contributed by atoms with van der Waals surface area (Å²) in [6.07, 6.45) is -0.622. The Morgan fingerprint density at radius 2 is 1.89 bits per heavy atom. The van der Waals surface area contributed by atoms with E-state index in [1.165, 1.54) is 0 Å². The molecule has 1 heterocycles. The maximum absolute atomic E-state index is 9.99. The molecule has 5 heteroatoms. The van der Waals surface area contributed by atoms with Gasteiger partial charge in [0.25, 0.3) is 0 Å². The Kier molecular flexibility index (Phi) is 4.41. The lowest BCUT2D eigenvalue weighted by molar-refractivity contribution is 0.0149. The van der Waals surface area contributed by atoms with E-state index >= 15 is 0 Å². The lowest BCUT2D eigenvalue weighted by Crippen LogP contribution is -2.21. The van der Waals surface area contributed by atoms with Gasteiger partial charge in [-0.3, -0.25) is 0 Å². The van der Waals surface area contributed by atoms with Gasteiger partial charge in [-0.25, -0.2) is 0 Å². The van der Waals surface area contributed by atoms with E-state index in [0.29, 0.717) is 43.2 Å². The van der Waals surface area contributed by atoms with Crippen molar-refractivity contribution < 1.29 is 19.7 Å². The maximum Gasteiger partial charge on any atom is 0.161 e. The SMILES string of the molecule is NCCC(O)C(O)c1ccc2c(c1)OCCCO2. The van der Waals surface area contributed by atoms with Gasteiger partial charge in [-0.05, 0) is 30.7 Å². The molecule has 1 aliphatic rings. The topological polar surface area (TPSA) is 84.9 Å². The molecule has 0 amide bonds. The summed E-state index contributed by atoms with van der Waals surface area (Å²) in [6.45, 7) is 1.56. The number of aliphatic hydroxyl groups excluding tert-OH is 2. The minimum Gasteiger partial charge on any atom is -0.490 e. The zero-order chi connectivity index (χ0) is 13.0. The predicted octanol–water partition coefficient (Wildman–Crippen LogP) is 0.591. The number of ether oxygens (including phenoxy) is 2. The number of hydrogen-bond donors (Lipinski definition) is 3. The fraction of sp³-hybridized carbons (Fsp3) is 0.538. The fourth-order valence-electron chi connectivity index (χ4n) is 1.91. The average molecular weight is 253 g/mol. The Hall–Kier alpha value is -1.30. The second kappa shape index (κ2) is 6.04. The summed E-state index contributed by atoms with van der Waals surface area (Å²) in [7, 11) is 0. The van der Waals surface area contributed by atoms with Crippen molar-refractivity contribution in [3.05, 3.63) is 23.8 Å². The van der Waals surface area contributed by atoms with Crippen LogP contribution in [0.15, 0.2) is 18.2 Å². The minimum absolute atomic E-state index is 0.336. The van der Waals surface area contributed by atoms with E-state index in [9.17, 15) is 10.2 Å². The van der Waals surface area contributed by atoms with E-state index < -0.39 is 12.2 Å². The van der Waals surface area contributed by atoms with Crippen LogP contribution in [-0.4, -0.2) is 36.1 Å². The summed E-state index contributed by atoms with van der Waals surface area (Å²) < 4.78 is 11.0. The highest BCUT2D eigenvalue weighted by Gasteiger charge is 2.20. The van der Waals surface area contributed by atoms with Gasteiger partial charge >= 0.3 is 0 Å². The number of fused-ring (bicyclic) bond motifs is 1. The second-order valence-corrected chi connectivity index (χ2v) is 4.35. The van der Waals surface area contributed by atoms with E-state index in [1.807, 2.05) is 0 Å². The Morgan fingerprint density at radius 3 is 2.61 bits per heavy atom. The van der Waals surface area contributed by atoms with Gasteiger partial charge in [-0.15, -0.1) is 0 Å². The summed E-state index contributed by atoms with van der Waals surface area (Å²) in [5.41, 5.74) is 5.97. The molecule has 0 fully saturated rings. The van der Waals surface area contributed by atoms with Crippen LogP contribution in [0.4, 0.5) is 0 Å². The Balaban J connectivity index is 2.17. The first-order chi connectivity index (χ1) is 8.72. The molecule has 2 atom stereocenters. The molecule has 0 aromatic heterocycles. The molecule has 1 aromatic carbocycles. The van der Waals surface area contributed by atoms with Gasteiger partial charge in [-0.1, -0.05) is 6.07 Å². The van der Waals surface area contributed by atoms with E-state index in [4.69, 9.17) is 15.2 Å². The largest absolute Gasteiger partial charge is 0.490 e. The predicted molar refractivity (Wildman–Crippen MR) is 66.7 cm³/mol. The highest BCUT2D eigenvalue weighted by Crippen LogP contribution is 2.33. The fourth-order valence-corrected chi connectivity index (χ4v) is 1.91. The third-order valence-corrected chi connectivity index (χ3v) is 2.94. The van der Waals surface area contributed by atoms with Crippen LogP contribution in [0.25, 0.3) is 0 Å². The lowest BCUT2D eigenvalue weighted by atomic mass is 10.0. The third-order valence-electron chi connectivity index (χ3n) is 2.94. The standard InChI is InChI=1S/C13H19NO4/c14-5-4-10(15)13(16)9-2-3-11-12(8-9)18-7-1-6-17-11/h2-3,8,10,13,15-16H,1,4-7,14H2. The molecule has 0 saturated carbocycles. The maximum atomic E-state index is 9.99. The molecule has 5 nitrogen and oxygen atoms in total. The smallest absolute Gasteiger partial charge is 0.161 e. The van der Waals surface area contributed by atoms with Crippen LogP contribution >= 0.6 is 0 Å². The molecule has 1 aliphatic heterocycles. The third kappa shape index (κ3) is 2.93. The van der Waals surface area contributed by atoms with Gasteiger partial charge in [0.15, 0.2) is 11.5 Å². The molecular formula is C13H19NO4. The van der Waals surface area contributed by atoms with Gasteiger partial charge in [0.05, 0.1) is 19.3 Å². The Bertz CT molecular complexity index is 397. The number of benzene rings is 1. The van der Waals surface area contributed by atoms with E-state index in [2.05, 4.69) is 0 Å². The number of rotatable bonds is 4. The van der Waals surface area contributed by atoms with Crippen molar-refractivity contribution in [3.63, 3.8) is 0 Å².